The summed E-state index contributed by atoms with van der Waals surface area (Å²) in [6.45, 7) is 1.44. The van der Waals surface area contributed by atoms with Gasteiger partial charge in [-0.15, -0.1) is 0 Å². The minimum atomic E-state index is 0.684. The highest BCUT2D eigenvalue weighted by atomic mass is 16.5. The van der Waals surface area contributed by atoms with Crippen molar-refractivity contribution >= 4 is 5.90 Å². The van der Waals surface area contributed by atoms with Crippen molar-refractivity contribution in [1.82, 2.24) is 4.98 Å². The van der Waals surface area contributed by atoms with Crippen molar-refractivity contribution in [3.63, 3.8) is 0 Å². The summed E-state index contributed by atoms with van der Waals surface area (Å²) < 4.78 is 5.46. The van der Waals surface area contributed by atoms with Crippen LogP contribution >= 0.6 is 0 Å². The van der Waals surface area contributed by atoms with Crippen LogP contribution < -0.4 is 0 Å². The van der Waals surface area contributed by atoms with Crippen LogP contribution in [-0.4, -0.2) is 24.0 Å². The third kappa shape index (κ3) is 2.04. The summed E-state index contributed by atoms with van der Waals surface area (Å²) in [6, 6.07) is 14.0. The lowest BCUT2D eigenvalue weighted by Gasteiger charge is -2.04. The van der Waals surface area contributed by atoms with Gasteiger partial charge in [0.25, 0.3) is 0 Å². The second-order valence-corrected chi connectivity index (χ2v) is 3.83. The van der Waals surface area contributed by atoms with E-state index in [-0.39, 0.29) is 0 Å². The smallest absolute Gasteiger partial charge is 0.216 e. The number of rotatable bonds is 2. The molecule has 0 spiro atoms. The first-order valence-electron chi connectivity index (χ1n) is 5.62. The largest absolute Gasteiger partial charge is 0.476 e. The zero-order valence-corrected chi connectivity index (χ0v) is 9.34. The molecular formula is C14H12N2O. The summed E-state index contributed by atoms with van der Waals surface area (Å²) in [7, 11) is 0. The van der Waals surface area contributed by atoms with E-state index < -0.39 is 0 Å². The van der Waals surface area contributed by atoms with Crippen molar-refractivity contribution in [2.75, 3.05) is 13.2 Å². The molecule has 0 bridgehead atoms. The van der Waals surface area contributed by atoms with E-state index in [2.05, 4.69) is 16.0 Å². The Balaban J connectivity index is 2.00. The zero-order valence-electron chi connectivity index (χ0n) is 9.34. The first kappa shape index (κ1) is 10.0. The average molecular weight is 224 g/mol. The van der Waals surface area contributed by atoms with E-state index in [0.717, 1.165) is 29.3 Å². The molecule has 84 valence electrons. The predicted octanol–water partition coefficient (Wildman–Crippen LogP) is 2.53. The van der Waals surface area contributed by atoms with Crippen LogP contribution in [0.25, 0.3) is 11.3 Å². The number of pyridine rings is 1. The molecule has 0 unspecified atom stereocenters. The fourth-order valence-corrected chi connectivity index (χ4v) is 1.85. The molecular weight excluding hydrogens is 212 g/mol. The quantitative estimate of drug-likeness (QED) is 0.785. The molecule has 0 amide bonds. The summed E-state index contributed by atoms with van der Waals surface area (Å²) in [5, 5.41) is 0. The SMILES string of the molecule is c1ccc(-c2cccc(C3=NCCO3)c2)nc1. The van der Waals surface area contributed by atoms with Crippen molar-refractivity contribution in [3.8, 4) is 11.3 Å². The molecule has 0 N–H and O–H groups in total. The second kappa shape index (κ2) is 4.37. The number of hydrogen-bond donors (Lipinski definition) is 0. The minimum Gasteiger partial charge on any atom is -0.476 e. The molecule has 0 atom stereocenters. The van der Waals surface area contributed by atoms with E-state index in [1.165, 1.54) is 0 Å². The third-order valence-corrected chi connectivity index (χ3v) is 2.66. The Hall–Kier alpha value is -2.16. The van der Waals surface area contributed by atoms with Gasteiger partial charge in [0.1, 0.15) is 6.61 Å². The van der Waals surface area contributed by atoms with Crippen LogP contribution in [0.1, 0.15) is 5.56 Å². The van der Waals surface area contributed by atoms with Crippen molar-refractivity contribution < 1.29 is 4.74 Å². The van der Waals surface area contributed by atoms with Crippen LogP contribution in [0.4, 0.5) is 0 Å². The van der Waals surface area contributed by atoms with Crippen LogP contribution in [0.15, 0.2) is 53.7 Å². The maximum Gasteiger partial charge on any atom is 0.216 e. The Labute approximate surface area is 99.8 Å². The maximum absolute atomic E-state index is 5.46. The van der Waals surface area contributed by atoms with Crippen LogP contribution in [-0.2, 0) is 4.74 Å². The Kier molecular flexibility index (Phi) is 2.58. The lowest BCUT2D eigenvalue weighted by Crippen LogP contribution is -2.00. The molecule has 3 rings (SSSR count). The molecule has 0 fully saturated rings. The molecule has 1 aromatic heterocycles. The Morgan fingerprint density at radius 3 is 2.71 bits per heavy atom. The van der Waals surface area contributed by atoms with Gasteiger partial charge >= 0.3 is 0 Å². The fourth-order valence-electron chi connectivity index (χ4n) is 1.85. The van der Waals surface area contributed by atoms with Gasteiger partial charge in [0.2, 0.25) is 5.90 Å². The van der Waals surface area contributed by atoms with Crippen LogP contribution in [0.2, 0.25) is 0 Å². The van der Waals surface area contributed by atoms with Gasteiger partial charge in [-0.25, -0.2) is 4.99 Å². The van der Waals surface area contributed by atoms with E-state index in [4.69, 9.17) is 4.74 Å². The first-order valence-corrected chi connectivity index (χ1v) is 5.62. The molecule has 0 radical (unpaired) electrons. The van der Waals surface area contributed by atoms with E-state index in [0.29, 0.717) is 6.61 Å². The van der Waals surface area contributed by atoms with Gasteiger partial charge in [-0.2, -0.15) is 0 Å². The minimum absolute atomic E-state index is 0.684. The topological polar surface area (TPSA) is 34.5 Å². The number of nitrogens with zero attached hydrogens (tertiary/aromatic N) is 2. The maximum atomic E-state index is 5.46. The van der Waals surface area contributed by atoms with E-state index >= 15 is 0 Å². The monoisotopic (exact) mass is 224 g/mol. The fraction of sp³-hybridized carbons (Fsp3) is 0.143. The summed E-state index contributed by atoms with van der Waals surface area (Å²) in [4.78, 5) is 8.65. The zero-order chi connectivity index (χ0) is 11.5. The number of aliphatic imine (C=N–C) groups is 1. The van der Waals surface area contributed by atoms with Gasteiger partial charge in [0.05, 0.1) is 12.2 Å². The van der Waals surface area contributed by atoms with E-state index in [9.17, 15) is 0 Å². The van der Waals surface area contributed by atoms with Crippen molar-refractivity contribution in [3.05, 3.63) is 54.2 Å². The molecule has 3 nitrogen and oxygen atoms in total. The molecule has 0 saturated heterocycles. The molecule has 1 aromatic carbocycles. The summed E-state index contributed by atoms with van der Waals surface area (Å²) >= 11 is 0. The lowest BCUT2D eigenvalue weighted by molar-refractivity contribution is 0.348. The van der Waals surface area contributed by atoms with E-state index in [1.807, 2.05) is 36.4 Å². The van der Waals surface area contributed by atoms with Gasteiger partial charge in [0, 0.05) is 17.3 Å². The predicted molar refractivity (Wildman–Crippen MR) is 67.0 cm³/mol. The summed E-state index contributed by atoms with van der Waals surface area (Å²) in [5.74, 6) is 0.739. The van der Waals surface area contributed by atoms with Gasteiger partial charge in [-0.1, -0.05) is 18.2 Å². The van der Waals surface area contributed by atoms with Crippen LogP contribution in [0.5, 0.6) is 0 Å². The number of aromatic nitrogens is 1. The van der Waals surface area contributed by atoms with Crippen LogP contribution in [0, 0.1) is 0 Å². The molecule has 17 heavy (non-hydrogen) atoms. The molecule has 0 aliphatic carbocycles. The standard InChI is InChI=1S/C14H12N2O/c1-2-7-15-13(6-1)11-4-3-5-12(10-11)14-16-8-9-17-14/h1-7,10H,8-9H2. The summed E-state index contributed by atoms with van der Waals surface area (Å²) in [5.41, 5.74) is 3.07. The van der Waals surface area contributed by atoms with Crippen molar-refractivity contribution in [2.24, 2.45) is 4.99 Å². The van der Waals surface area contributed by atoms with E-state index in [1.54, 1.807) is 6.20 Å². The van der Waals surface area contributed by atoms with Gasteiger partial charge in [0.15, 0.2) is 0 Å². The van der Waals surface area contributed by atoms with Crippen molar-refractivity contribution in [2.45, 2.75) is 0 Å². The highest BCUT2D eigenvalue weighted by Crippen LogP contribution is 2.19. The van der Waals surface area contributed by atoms with Gasteiger partial charge in [-0.05, 0) is 24.3 Å². The number of benzene rings is 1. The number of ether oxygens (including phenoxy) is 1. The third-order valence-electron chi connectivity index (χ3n) is 2.66. The highest BCUT2D eigenvalue weighted by Gasteiger charge is 2.10. The summed E-state index contributed by atoms with van der Waals surface area (Å²) in [6.07, 6.45) is 1.80. The first-order chi connectivity index (χ1) is 8.43. The molecule has 3 heteroatoms. The molecule has 1 aliphatic rings. The Morgan fingerprint density at radius 2 is 1.94 bits per heavy atom. The van der Waals surface area contributed by atoms with Gasteiger partial charge < -0.3 is 4.74 Å². The van der Waals surface area contributed by atoms with Crippen molar-refractivity contribution in [1.29, 1.82) is 0 Å². The lowest BCUT2D eigenvalue weighted by atomic mass is 10.1. The second-order valence-electron chi connectivity index (χ2n) is 3.83. The molecule has 1 aliphatic heterocycles. The van der Waals surface area contributed by atoms with Crippen LogP contribution in [0.3, 0.4) is 0 Å². The Morgan fingerprint density at radius 1 is 1.00 bits per heavy atom. The highest BCUT2D eigenvalue weighted by molar-refractivity contribution is 5.96. The van der Waals surface area contributed by atoms with Gasteiger partial charge in [-0.3, -0.25) is 4.98 Å². The molecule has 0 saturated carbocycles. The number of hydrogen-bond acceptors (Lipinski definition) is 3. The molecule has 2 aromatic rings. The Bertz CT molecular complexity index is 549. The average Bonchev–Trinajstić information content (AvgIpc) is 2.94. The normalized spacial score (nSPS) is 14.2. The molecule has 2 heterocycles.